The van der Waals surface area contributed by atoms with E-state index in [0.29, 0.717) is 11.0 Å². The Hall–Kier alpha value is -2.99. The molecule has 32 heavy (non-hydrogen) atoms. The number of benzene rings is 2. The van der Waals surface area contributed by atoms with Gasteiger partial charge in [0, 0.05) is 6.42 Å². The standard InChI is InChI=1S/C26H28N2O3S/c1-14(2)11-20(29)22-23(18-8-6-7-16(5)12-18)28(25(31)24(22)30)26-27-19-10-9-17(15(3)4)13-21(19)32-26/h6-10,12-15,23,30H,11H2,1-5H3. The van der Waals surface area contributed by atoms with Gasteiger partial charge in [0.25, 0.3) is 5.91 Å². The normalized spacial score (nSPS) is 16.8. The fraction of sp³-hybridized carbons (Fsp3) is 0.346. The van der Waals surface area contributed by atoms with E-state index < -0.39 is 17.7 Å². The quantitative estimate of drug-likeness (QED) is 0.484. The molecule has 5 nitrogen and oxygen atoms in total. The Balaban J connectivity index is 1.86. The largest absolute Gasteiger partial charge is 0.503 e. The van der Waals surface area contributed by atoms with E-state index in [1.807, 2.05) is 57.2 Å². The van der Waals surface area contributed by atoms with E-state index in [2.05, 4.69) is 19.9 Å². The molecule has 166 valence electrons. The number of fused-ring (bicyclic) bond motifs is 1. The van der Waals surface area contributed by atoms with E-state index in [0.717, 1.165) is 21.3 Å². The van der Waals surface area contributed by atoms with Crippen molar-refractivity contribution in [2.45, 2.75) is 53.0 Å². The number of anilines is 1. The molecule has 0 radical (unpaired) electrons. The molecule has 0 fully saturated rings. The van der Waals surface area contributed by atoms with Crippen molar-refractivity contribution in [3.63, 3.8) is 0 Å². The number of ketones is 1. The second-order valence-electron chi connectivity index (χ2n) is 9.15. The fourth-order valence-corrected chi connectivity index (χ4v) is 5.16. The fourth-order valence-electron chi connectivity index (χ4n) is 4.11. The number of thiazole rings is 1. The molecule has 4 rings (SSSR count). The molecule has 3 aromatic rings. The zero-order chi connectivity index (χ0) is 23.2. The highest BCUT2D eigenvalue weighted by molar-refractivity contribution is 7.22. The van der Waals surface area contributed by atoms with Crippen molar-refractivity contribution >= 4 is 38.4 Å². The van der Waals surface area contributed by atoms with Crippen LogP contribution in [0.1, 0.15) is 62.8 Å². The molecule has 2 heterocycles. The monoisotopic (exact) mass is 448 g/mol. The van der Waals surface area contributed by atoms with Crippen molar-refractivity contribution < 1.29 is 14.7 Å². The highest BCUT2D eigenvalue weighted by Gasteiger charge is 2.45. The third kappa shape index (κ3) is 3.95. The van der Waals surface area contributed by atoms with Crippen LogP contribution in [0, 0.1) is 12.8 Å². The van der Waals surface area contributed by atoms with Gasteiger partial charge in [-0.25, -0.2) is 4.98 Å². The molecule has 2 aromatic carbocycles. The third-order valence-corrected chi connectivity index (χ3v) is 6.75. The topological polar surface area (TPSA) is 70.5 Å². The molecule has 0 saturated heterocycles. The number of aliphatic hydroxyl groups is 1. The molecular formula is C26H28N2O3S. The maximum atomic E-state index is 13.3. The molecule has 0 saturated carbocycles. The number of aromatic nitrogens is 1. The lowest BCUT2D eigenvalue weighted by Gasteiger charge is -2.25. The number of aryl methyl sites for hydroxylation is 1. The molecular weight excluding hydrogens is 420 g/mol. The molecule has 1 atom stereocenters. The van der Waals surface area contributed by atoms with Crippen LogP contribution >= 0.6 is 11.3 Å². The molecule has 6 heteroatoms. The van der Waals surface area contributed by atoms with Crippen LogP contribution in [-0.2, 0) is 9.59 Å². The summed E-state index contributed by atoms with van der Waals surface area (Å²) in [6.45, 7) is 10.1. The van der Waals surface area contributed by atoms with Gasteiger partial charge in [0.2, 0.25) is 0 Å². The lowest BCUT2D eigenvalue weighted by Crippen LogP contribution is -2.31. The lowest BCUT2D eigenvalue weighted by molar-refractivity contribution is -0.118. The van der Waals surface area contributed by atoms with Crippen LogP contribution in [0.15, 0.2) is 53.8 Å². The van der Waals surface area contributed by atoms with Crippen molar-refractivity contribution in [3.8, 4) is 0 Å². The van der Waals surface area contributed by atoms with E-state index in [9.17, 15) is 14.7 Å². The van der Waals surface area contributed by atoms with Gasteiger partial charge < -0.3 is 5.11 Å². The minimum Gasteiger partial charge on any atom is -0.503 e. The lowest BCUT2D eigenvalue weighted by atomic mass is 9.91. The average Bonchev–Trinajstić information content (AvgIpc) is 3.25. The second-order valence-corrected chi connectivity index (χ2v) is 10.2. The van der Waals surface area contributed by atoms with Crippen LogP contribution in [0.5, 0.6) is 0 Å². The Morgan fingerprint density at radius 3 is 2.56 bits per heavy atom. The zero-order valence-corrected chi connectivity index (χ0v) is 19.9. The first kappa shape index (κ1) is 22.2. The summed E-state index contributed by atoms with van der Waals surface area (Å²) in [6.07, 6.45) is 0.264. The van der Waals surface area contributed by atoms with Crippen LogP contribution in [0.2, 0.25) is 0 Å². The number of carbonyl (C=O) groups excluding carboxylic acids is 2. The van der Waals surface area contributed by atoms with Crippen molar-refractivity contribution in [2.75, 3.05) is 4.90 Å². The average molecular weight is 449 g/mol. The predicted molar refractivity (Wildman–Crippen MR) is 129 cm³/mol. The summed E-state index contributed by atoms with van der Waals surface area (Å²) in [5, 5.41) is 11.3. The Labute approximate surface area is 192 Å². The van der Waals surface area contributed by atoms with Crippen molar-refractivity contribution in [2.24, 2.45) is 5.92 Å². The number of carbonyl (C=O) groups is 2. The van der Waals surface area contributed by atoms with E-state index in [1.165, 1.54) is 21.8 Å². The van der Waals surface area contributed by atoms with Crippen LogP contribution < -0.4 is 4.90 Å². The maximum absolute atomic E-state index is 13.3. The van der Waals surface area contributed by atoms with Crippen molar-refractivity contribution in [3.05, 3.63) is 70.5 Å². The molecule has 0 aliphatic carbocycles. The van der Waals surface area contributed by atoms with Crippen LogP contribution in [-0.4, -0.2) is 21.8 Å². The van der Waals surface area contributed by atoms with Crippen LogP contribution in [0.3, 0.4) is 0 Å². The second kappa shape index (κ2) is 8.51. The number of rotatable bonds is 6. The van der Waals surface area contributed by atoms with Gasteiger partial charge in [-0.3, -0.25) is 14.5 Å². The molecule has 1 aliphatic heterocycles. The zero-order valence-electron chi connectivity index (χ0n) is 19.0. The molecule has 1 amide bonds. The van der Waals surface area contributed by atoms with E-state index >= 15 is 0 Å². The number of Topliss-reactive ketones (excluding diaryl/α,β-unsaturated/α-hetero) is 1. The van der Waals surface area contributed by atoms with E-state index in [4.69, 9.17) is 4.98 Å². The number of nitrogens with zero attached hydrogens (tertiary/aromatic N) is 2. The smallest absolute Gasteiger partial charge is 0.296 e. The van der Waals surface area contributed by atoms with E-state index in [1.54, 1.807) is 0 Å². The van der Waals surface area contributed by atoms with Gasteiger partial charge in [-0.05, 0) is 42.0 Å². The molecule has 0 spiro atoms. The molecule has 0 bridgehead atoms. The SMILES string of the molecule is Cc1cccc(C2C(C(=O)CC(C)C)=C(O)C(=O)N2c2nc3ccc(C(C)C)cc3s2)c1. The number of aliphatic hydroxyl groups excluding tert-OH is 1. The highest BCUT2D eigenvalue weighted by atomic mass is 32.1. The predicted octanol–water partition coefficient (Wildman–Crippen LogP) is 6.24. The van der Waals surface area contributed by atoms with Gasteiger partial charge in [0.1, 0.15) is 0 Å². The molecule has 1 aromatic heterocycles. The van der Waals surface area contributed by atoms with E-state index in [-0.39, 0.29) is 23.7 Å². The van der Waals surface area contributed by atoms with Gasteiger partial charge in [0.15, 0.2) is 16.7 Å². The molecule has 1 unspecified atom stereocenters. The Kier molecular flexibility index (Phi) is 5.91. The van der Waals surface area contributed by atoms with Crippen LogP contribution in [0.4, 0.5) is 5.13 Å². The first-order valence-corrected chi connectivity index (χ1v) is 11.8. The number of hydrogen-bond donors (Lipinski definition) is 1. The first-order chi connectivity index (χ1) is 15.2. The summed E-state index contributed by atoms with van der Waals surface area (Å²) in [5.74, 6) is -0.759. The summed E-state index contributed by atoms with van der Waals surface area (Å²) in [4.78, 5) is 32.6. The highest BCUT2D eigenvalue weighted by Crippen LogP contribution is 2.44. The van der Waals surface area contributed by atoms with Gasteiger partial charge in [-0.15, -0.1) is 0 Å². The maximum Gasteiger partial charge on any atom is 0.296 e. The van der Waals surface area contributed by atoms with Crippen LogP contribution in [0.25, 0.3) is 10.2 Å². The van der Waals surface area contributed by atoms with Crippen molar-refractivity contribution in [1.82, 2.24) is 4.98 Å². The first-order valence-electron chi connectivity index (χ1n) is 10.9. The van der Waals surface area contributed by atoms with Gasteiger partial charge in [-0.2, -0.15) is 0 Å². The van der Waals surface area contributed by atoms with Gasteiger partial charge in [-0.1, -0.05) is 74.9 Å². The summed E-state index contributed by atoms with van der Waals surface area (Å²) >= 11 is 1.41. The molecule has 1 aliphatic rings. The minimum atomic E-state index is -0.696. The Bertz CT molecular complexity index is 1240. The number of hydrogen-bond acceptors (Lipinski definition) is 5. The Morgan fingerprint density at radius 2 is 1.91 bits per heavy atom. The summed E-state index contributed by atoms with van der Waals surface area (Å²) < 4.78 is 0.975. The minimum absolute atomic E-state index is 0.113. The number of amides is 1. The summed E-state index contributed by atoms with van der Waals surface area (Å²) in [7, 11) is 0. The Morgan fingerprint density at radius 1 is 1.16 bits per heavy atom. The summed E-state index contributed by atoms with van der Waals surface area (Å²) in [5.41, 5.74) is 3.96. The third-order valence-electron chi connectivity index (χ3n) is 5.73. The van der Waals surface area contributed by atoms with Gasteiger partial charge in [0.05, 0.1) is 21.8 Å². The summed E-state index contributed by atoms with van der Waals surface area (Å²) in [6, 6.07) is 13.1. The van der Waals surface area contributed by atoms with Crippen molar-refractivity contribution in [1.29, 1.82) is 0 Å². The van der Waals surface area contributed by atoms with Gasteiger partial charge >= 0.3 is 0 Å². The molecule has 1 N–H and O–H groups in total.